The summed E-state index contributed by atoms with van der Waals surface area (Å²) in [7, 11) is 1.59. The monoisotopic (exact) mass is 172 g/mol. The SMILES string of the molecule is COC1CCN=C(Cl)[C@@H]1C#N. The summed E-state index contributed by atoms with van der Waals surface area (Å²) in [5.41, 5.74) is 0. The average Bonchev–Trinajstić information content (AvgIpc) is 2.04. The van der Waals surface area contributed by atoms with Gasteiger partial charge in [0.1, 0.15) is 11.1 Å². The van der Waals surface area contributed by atoms with Crippen LogP contribution in [0.1, 0.15) is 6.42 Å². The zero-order valence-electron chi connectivity index (χ0n) is 6.25. The molecule has 0 bridgehead atoms. The number of ether oxygens (including phenoxy) is 1. The topological polar surface area (TPSA) is 45.4 Å². The summed E-state index contributed by atoms with van der Waals surface area (Å²) < 4.78 is 5.08. The summed E-state index contributed by atoms with van der Waals surface area (Å²) in [6, 6.07) is 2.07. The minimum absolute atomic E-state index is 0.0787. The van der Waals surface area contributed by atoms with E-state index in [1.165, 1.54) is 0 Å². The lowest BCUT2D eigenvalue weighted by atomic mass is 10.00. The van der Waals surface area contributed by atoms with E-state index >= 15 is 0 Å². The number of halogens is 1. The van der Waals surface area contributed by atoms with E-state index in [0.29, 0.717) is 11.7 Å². The second kappa shape index (κ2) is 3.70. The van der Waals surface area contributed by atoms with Gasteiger partial charge >= 0.3 is 0 Å². The van der Waals surface area contributed by atoms with Crippen molar-refractivity contribution in [3.63, 3.8) is 0 Å². The zero-order chi connectivity index (χ0) is 8.27. The molecule has 60 valence electrons. The zero-order valence-corrected chi connectivity index (χ0v) is 7.01. The Morgan fingerprint density at radius 3 is 3.00 bits per heavy atom. The second-order valence-electron chi connectivity index (χ2n) is 2.37. The third-order valence-corrected chi connectivity index (χ3v) is 2.10. The predicted molar refractivity (Wildman–Crippen MR) is 42.7 cm³/mol. The third kappa shape index (κ3) is 1.70. The Balaban J connectivity index is 2.73. The van der Waals surface area contributed by atoms with Crippen LogP contribution in [0.25, 0.3) is 0 Å². The van der Waals surface area contributed by atoms with Crippen molar-refractivity contribution in [1.29, 1.82) is 5.26 Å². The molecular weight excluding hydrogens is 164 g/mol. The van der Waals surface area contributed by atoms with Crippen LogP contribution in [0.5, 0.6) is 0 Å². The average molecular weight is 173 g/mol. The Kier molecular flexibility index (Phi) is 2.86. The third-order valence-electron chi connectivity index (χ3n) is 1.75. The number of methoxy groups -OCH3 is 1. The second-order valence-corrected chi connectivity index (χ2v) is 2.76. The van der Waals surface area contributed by atoms with Gasteiger partial charge < -0.3 is 4.74 Å². The van der Waals surface area contributed by atoms with Gasteiger partial charge in [0.05, 0.1) is 12.2 Å². The van der Waals surface area contributed by atoms with Crippen LogP contribution < -0.4 is 0 Å². The van der Waals surface area contributed by atoms with Gasteiger partial charge in [0, 0.05) is 13.7 Å². The number of aliphatic imine (C=N–C) groups is 1. The van der Waals surface area contributed by atoms with Crippen molar-refractivity contribution in [3.8, 4) is 6.07 Å². The summed E-state index contributed by atoms with van der Waals surface area (Å²) in [5.74, 6) is -0.365. The molecule has 0 fully saturated rings. The molecule has 0 N–H and O–H groups in total. The van der Waals surface area contributed by atoms with Crippen LogP contribution in [0, 0.1) is 17.2 Å². The van der Waals surface area contributed by atoms with Gasteiger partial charge in [-0.2, -0.15) is 5.26 Å². The van der Waals surface area contributed by atoms with Crippen LogP contribution in [-0.2, 0) is 4.74 Å². The first-order chi connectivity index (χ1) is 5.29. The molecule has 4 heteroatoms. The molecule has 0 aromatic heterocycles. The molecule has 0 aromatic carbocycles. The van der Waals surface area contributed by atoms with Gasteiger partial charge in [-0.05, 0) is 6.42 Å². The maximum Gasteiger partial charge on any atom is 0.125 e. The lowest BCUT2D eigenvalue weighted by Crippen LogP contribution is -2.30. The molecular formula is C7H9ClN2O. The Hall–Kier alpha value is -0.590. The van der Waals surface area contributed by atoms with Gasteiger partial charge in [0.25, 0.3) is 0 Å². The first-order valence-corrected chi connectivity index (χ1v) is 3.79. The van der Waals surface area contributed by atoms with Gasteiger partial charge in [-0.3, -0.25) is 4.99 Å². The number of hydrogen-bond donors (Lipinski definition) is 0. The van der Waals surface area contributed by atoms with Crippen molar-refractivity contribution in [3.05, 3.63) is 0 Å². The fourth-order valence-corrected chi connectivity index (χ4v) is 1.38. The quantitative estimate of drug-likeness (QED) is 0.596. The molecule has 0 aromatic rings. The van der Waals surface area contributed by atoms with Crippen LogP contribution >= 0.6 is 11.6 Å². The van der Waals surface area contributed by atoms with E-state index in [-0.39, 0.29) is 12.0 Å². The lowest BCUT2D eigenvalue weighted by Gasteiger charge is -2.22. The number of hydrogen-bond acceptors (Lipinski definition) is 3. The molecule has 1 unspecified atom stereocenters. The van der Waals surface area contributed by atoms with Crippen LogP contribution in [0.15, 0.2) is 4.99 Å². The first-order valence-electron chi connectivity index (χ1n) is 3.42. The fraction of sp³-hybridized carbons (Fsp3) is 0.714. The molecule has 0 radical (unpaired) electrons. The van der Waals surface area contributed by atoms with Crippen molar-refractivity contribution in [2.75, 3.05) is 13.7 Å². The largest absolute Gasteiger partial charge is 0.380 e. The minimum atomic E-state index is -0.365. The van der Waals surface area contributed by atoms with Gasteiger partial charge in [-0.15, -0.1) is 0 Å². The van der Waals surface area contributed by atoms with Crippen molar-refractivity contribution in [1.82, 2.24) is 0 Å². The van der Waals surface area contributed by atoms with Crippen molar-refractivity contribution in [2.24, 2.45) is 10.9 Å². The molecule has 11 heavy (non-hydrogen) atoms. The maximum absolute atomic E-state index is 8.67. The molecule has 0 saturated heterocycles. The van der Waals surface area contributed by atoms with E-state index in [0.717, 1.165) is 6.42 Å². The molecule has 2 atom stereocenters. The van der Waals surface area contributed by atoms with Gasteiger partial charge in [0.2, 0.25) is 0 Å². The van der Waals surface area contributed by atoms with Crippen LogP contribution in [-0.4, -0.2) is 24.9 Å². The molecule has 0 aliphatic carbocycles. The Bertz CT molecular complexity index is 209. The van der Waals surface area contributed by atoms with Crippen molar-refractivity contribution < 1.29 is 4.74 Å². The van der Waals surface area contributed by atoms with Crippen LogP contribution in [0.4, 0.5) is 0 Å². The number of nitrogens with zero attached hydrogens (tertiary/aromatic N) is 2. The predicted octanol–water partition coefficient (Wildman–Crippen LogP) is 1.18. The van der Waals surface area contributed by atoms with E-state index in [2.05, 4.69) is 11.1 Å². The summed E-state index contributed by atoms with van der Waals surface area (Å²) in [6.45, 7) is 0.662. The molecule has 3 nitrogen and oxygen atoms in total. The minimum Gasteiger partial charge on any atom is -0.380 e. The highest BCUT2D eigenvalue weighted by atomic mass is 35.5. The molecule has 1 heterocycles. The first kappa shape index (κ1) is 8.51. The fourth-order valence-electron chi connectivity index (χ4n) is 1.11. The van der Waals surface area contributed by atoms with Gasteiger partial charge in [-0.1, -0.05) is 11.6 Å². The number of nitriles is 1. The van der Waals surface area contributed by atoms with Gasteiger partial charge in [-0.25, -0.2) is 0 Å². The standard InChI is InChI=1S/C7H9ClN2O/c1-11-6-2-3-10-7(8)5(6)4-9/h5-6H,2-3H2,1H3/t5-,6?/m1/s1. The summed E-state index contributed by atoms with van der Waals surface area (Å²) in [6.07, 6.45) is 0.704. The Morgan fingerprint density at radius 2 is 2.55 bits per heavy atom. The van der Waals surface area contributed by atoms with E-state index in [4.69, 9.17) is 21.6 Å². The molecule has 1 aliphatic rings. The lowest BCUT2D eigenvalue weighted by molar-refractivity contribution is 0.0816. The Morgan fingerprint density at radius 1 is 1.82 bits per heavy atom. The van der Waals surface area contributed by atoms with Gasteiger partial charge in [0.15, 0.2) is 0 Å². The molecule has 0 amide bonds. The highest BCUT2D eigenvalue weighted by molar-refractivity contribution is 6.66. The van der Waals surface area contributed by atoms with E-state index < -0.39 is 0 Å². The maximum atomic E-state index is 8.67. The smallest absolute Gasteiger partial charge is 0.125 e. The highest BCUT2D eigenvalue weighted by Crippen LogP contribution is 2.19. The van der Waals surface area contributed by atoms with Crippen molar-refractivity contribution >= 4 is 16.8 Å². The van der Waals surface area contributed by atoms with Crippen LogP contribution in [0.3, 0.4) is 0 Å². The molecule has 0 saturated carbocycles. The normalized spacial score (nSPS) is 30.8. The molecule has 0 spiro atoms. The van der Waals surface area contributed by atoms with E-state index in [1.54, 1.807) is 7.11 Å². The molecule has 1 rings (SSSR count). The van der Waals surface area contributed by atoms with E-state index in [9.17, 15) is 0 Å². The van der Waals surface area contributed by atoms with Crippen LogP contribution in [0.2, 0.25) is 0 Å². The summed E-state index contributed by atoms with van der Waals surface area (Å²) in [4.78, 5) is 3.96. The summed E-state index contributed by atoms with van der Waals surface area (Å²) >= 11 is 5.70. The van der Waals surface area contributed by atoms with Crippen molar-refractivity contribution in [2.45, 2.75) is 12.5 Å². The molecule has 1 aliphatic heterocycles. The summed E-state index contributed by atoms with van der Waals surface area (Å²) in [5, 5.41) is 9.05. The highest BCUT2D eigenvalue weighted by Gasteiger charge is 2.27. The number of rotatable bonds is 1. The van der Waals surface area contributed by atoms with E-state index in [1.807, 2.05) is 0 Å². The Labute approximate surface area is 70.6 Å².